The fourth-order valence-electron chi connectivity index (χ4n) is 3.81. The third-order valence-corrected chi connectivity index (χ3v) is 7.41. The first-order valence-electron chi connectivity index (χ1n) is 9.86. The van der Waals surface area contributed by atoms with Gasteiger partial charge in [0.2, 0.25) is 0 Å². The molecule has 5 nitrogen and oxygen atoms in total. The van der Waals surface area contributed by atoms with Crippen LogP contribution in [-0.2, 0) is 4.79 Å². The van der Waals surface area contributed by atoms with Crippen LogP contribution in [-0.4, -0.2) is 29.7 Å². The van der Waals surface area contributed by atoms with Crippen LogP contribution in [0.4, 0.5) is 5.69 Å². The first kappa shape index (κ1) is 20.7. The third kappa shape index (κ3) is 4.31. The number of halogens is 2. The monoisotopic (exact) mass is 450 g/mol. The van der Waals surface area contributed by atoms with Gasteiger partial charge in [0.1, 0.15) is 5.71 Å². The summed E-state index contributed by atoms with van der Waals surface area (Å²) >= 11 is 14.3. The zero-order valence-corrected chi connectivity index (χ0v) is 18.9. The second-order valence-corrected chi connectivity index (χ2v) is 9.36. The number of benzene rings is 1. The largest absolute Gasteiger partial charge is 0.284 e. The Morgan fingerprint density at radius 3 is 2.62 bits per heavy atom. The number of nitrogens with one attached hydrogen (secondary N) is 1. The summed E-state index contributed by atoms with van der Waals surface area (Å²) in [6.45, 7) is 6.00. The Labute approximate surface area is 185 Å². The number of carbonyl (C=O) groups excluding carboxylic acids is 1. The average Bonchev–Trinajstić information content (AvgIpc) is 3.27. The van der Waals surface area contributed by atoms with Crippen LogP contribution < -0.4 is 10.4 Å². The molecule has 1 N–H and O–H groups in total. The minimum absolute atomic E-state index is 0.0607. The number of carbonyl (C=O) groups is 1. The van der Waals surface area contributed by atoms with Crippen molar-refractivity contribution in [1.82, 2.24) is 10.4 Å². The summed E-state index contributed by atoms with van der Waals surface area (Å²) < 4.78 is 0. The van der Waals surface area contributed by atoms with Gasteiger partial charge in [0.05, 0.1) is 16.8 Å². The summed E-state index contributed by atoms with van der Waals surface area (Å²) in [4.78, 5) is 14.1. The molecule has 154 valence electrons. The van der Waals surface area contributed by atoms with Crippen LogP contribution in [0.25, 0.3) is 0 Å². The fourth-order valence-corrected chi connectivity index (χ4v) is 5.46. The standard InChI is InChI=1S/C21H24Cl2N4OS/c1-13-12-29-20(14(13)2)19-11-17(21(28)25-26-8-4-3-5-9-26)24-27(19)18-7-6-15(22)10-16(18)23/h6-7,10,12,19H,3-5,8-9,11H2,1-2H3,(H,25,28). The van der Waals surface area contributed by atoms with Gasteiger partial charge in [-0.15, -0.1) is 11.3 Å². The number of rotatable bonds is 4. The predicted molar refractivity (Wildman–Crippen MR) is 121 cm³/mol. The molecule has 0 saturated carbocycles. The van der Waals surface area contributed by atoms with Crippen molar-refractivity contribution in [1.29, 1.82) is 0 Å². The minimum Gasteiger partial charge on any atom is -0.284 e. The lowest BCUT2D eigenvalue weighted by Gasteiger charge is -2.26. The van der Waals surface area contributed by atoms with Crippen LogP contribution in [0.1, 0.15) is 47.7 Å². The molecule has 29 heavy (non-hydrogen) atoms. The van der Waals surface area contributed by atoms with Gasteiger partial charge in [-0.2, -0.15) is 5.10 Å². The molecule has 1 fully saturated rings. The number of thiophene rings is 1. The topological polar surface area (TPSA) is 47.9 Å². The van der Waals surface area contributed by atoms with Crippen molar-refractivity contribution >= 4 is 51.8 Å². The van der Waals surface area contributed by atoms with Gasteiger partial charge >= 0.3 is 0 Å². The van der Waals surface area contributed by atoms with Crippen LogP contribution in [0.3, 0.4) is 0 Å². The highest BCUT2D eigenvalue weighted by molar-refractivity contribution is 7.10. The molecule has 8 heteroatoms. The van der Waals surface area contributed by atoms with Gasteiger partial charge in [0.25, 0.3) is 5.91 Å². The van der Waals surface area contributed by atoms with E-state index in [1.807, 2.05) is 16.1 Å². The molecule has 1 unspecified atom stereocenters. The van der Waals surface area contributed by atoms with E-state index in [0.717, 1.165) is 31.6 Å². The minimum atomic E-state index is -0.129. The van der Waals surface area contributed by atoms with E-state index >= 15 is 0 Å². The second kappa shape index (κ2) is 8.64. The van der Waals surface area contributed by atoms with Gasteiger partial charge in [-0.25, -0.2) is 5.01 Å². The third-order valence-electron chi connectivity index (χ3n) is 5.57. The Hall–Kier alpha value is -1.60. The van der Waals surface area contributed by atoms with E-state index in [1.54, 1.807) is 23.5 Å². The Morgan fingerprint density at radius 1 is 1.21 bits per heavy atom. The number of aryl methyl sites for hydroxylation is 1. The molecule has 2 aliphatic heterocycles. The molecule has 0 bridgehead atoms. The fraction of sp³-hybridized carbons (Fsp3) is 0.429. The molecule has 2 aromatic rings. The molecule has 1 amide bonds. The van der Waals surface area contributed by atoms with Crippen LogP contribution in [0.5, 0.6) is 0 Å². The van der Waals surface area contributed by atoms with E-state index in [2.05, 4.69) is 24.7 Å². The van der Waals surface area contributed by atoms with Crippen molar-refractivity contribution < 1.29 is 4.79 Å². The Balaban J connectivity index is 1.64. The number of nitrogens with zero attached hydrogens (tertiary/aromatic N) is 3. The average molecular weight is 451 g/mol. The van der Waals surface area contributed by atoms with Crippen molar-refractivity contribution in [3.63, 3.8) is 0 Å². The maximum absolute atomic E-state index is 12.9. The number of hydrazone groups is 1. The maximum atomic E-state index is 12.9. The highest BCUT2D eigenvalue weighted by atomic mass is 35.5. The molecule has 1 atom stereocenters. The highest BCUT2D eigenvalue weighted by Crippen LogP contribution is 2.42. The molecule has 3 heterocycles. The molecule has 1 saturated heterocycles. The van der Waals surface area contributed by atoms with E-state index in [0.29, 0.717) is 22.2 Å². The van der Waals surface area contributed by atoms with Gasteiger partial charge in [-0.05, 0) is 61.4 Å². The van der Waals surface area contributed by atoms with Gasteiger partial charge < -0.3 is 0 Å². The summed E-state index contributed by atoms with van der Waals surface area (Å²) in [5.41, 5.74) is 6.80. The first-order chi connectivity index (χ1) is 13.9. The zero-order valence-electron chi connectivity index (χ0n) is 16.5. The Bertz CT molecular complexity index is 952. The lowest BCUT2D eigenvalue weighted by Crippen LogP contribution is -2.47. The highest BCUT2D eigenvalue weighted by Gasteiger charge is 2.35. The van der Waals surface area contributed by atoms with Gasteiger partial charge in [-0.3, -0.25) is 15.2 Å². The van der Waals surface area contributed by atoms with Crippen LogP contribution in [0.2, 0.25) is 10.0 Å². The van der Waals surface area contributed by atoms with Gasteiger partial charge in [0.15, 0.2) is 0 Å². The van der Waals surface area contributed by atoms with Crippen LogP contribution >= 0.6 is 34.5 Å². The number of hydrogen-bond donors (Lipinski definition) is 1. The van der Waals surface area contributed by atoms with Crippen LogP contribution in [0, 0.1) is 13.8 Å². The molecular weight excluding hydrogens is 427 g/mol. The lowest BCUT2D eigenvalue weighted by molar-refractivity contribution is -0.119. The Morgan fingerprint density at radius 2 is 1.97 bits per heavy atom. The molecule has 2 aliphatic rings. The van der Waals surface area contributed by atoms with E-state index in [9.17, 15) is 4.79 Å². The molecule has 0 radical (unpaired) electrons. The molecule has 4 rings (SSSR count). The first-order valence-corrected chi connectivity index (χ1v) is 11.5. The van der Waals surface area contributed by atoms with Crippen molar-refractivity contribution in [3.05, 3.63) is 49.6 Å². The second-order valence-electron chi connectivity index (χ2n) is 7.60. The van der Waals surface area contributed by atoms with Crippen molar-refractivity contribution in [2.45, 2.75) is 45.6 Å². The number of piperidine rings is 1. The van der Waals surface area contributed by atoms with E-state index in [1.165, 1.54) is 22.4 Å². The lowest BCUT2D eigenvalue weighted by atomic mass is 10.0. The Kier molecular flexibility index (Phi) is 6.16. The predicted octanol–water partition coefficient (Wildman–Crippen LogP) is 5.50. The van der Waals surface area contributed by atoms with Crippen molar-refractivity contribution in [3.8, 4) is 0 Å². The maximum Gasteiger partial charge on any atom is 0.281 e. The summed E-state index contributed by atoms with van der Waals surface area (Å²) in [5, 5.41) is 11.8. The summed E-state index contributed by atoms with van der Waals surface area (Å²) in [6.07, 6.45) is 3.97. The zero-order chi connectivity index (χ0) is 20.5. The normalized spacial score (nSPS) is 20.1. The SMILES string of the molecule is Cc1csc(C2CC(C(=O)NN3CCCCC3)=NN2c2ccc(Cl)cc2Cl)c1C. The summed E-state index contributed by atoms with van der Waals surface area (Å²) in [5.74, 6) is -0.129. The number of anilines is 1. The molecule has 1 aromatic heterocycles. The number of amides is 1. The number of hydrogen-bond acceptors (Lipinski definition) is 5. The molecular formula is C21H24Cl2N4OS. The van der Waals surface area contributed by atoms with Gasteiger partial charge in [0, 0.05) is 29.4 Å². The van der Waals surface area contributed by atoms with E-state index in [4.69, 9.17) is 28.3 Å². The molecule has 1 aromatic carbocycles. The molecule has 0 spiro atoms. The number of hydrazine groups is 1. The smallest absolute Gasteiger partial charge is 0.281 e. The molecule has 0 aliphatic carbocycles. The van der Waals surface area contributed by atoms with E-state index in [-0.39, 0.29) is 11.9 Å². The van der Waals surface area contributed by atoms with Crippen LogP contribution in [0.15, 0.2) is 28.7 Å². The summed E-state index contributed by atoms with van der Waals surface area (Å²) in [6, 6.07) is 5.31. The van der Waals surface area contributed by atoms with Crippen molar-refractivity contribution in [2.75, 3.05) is 18.1 Å². The van der Waals surface area contributed by atoms with Crippen molar-refractivity contribution in [2.24, 2.45) is 5.10 Å². The summed E-state index contributed by atoms with van der Waals surface area (Å²) in [7, 11) is 0. The quantitative estimate of drug-likeness (QED) is 0.668. The van der Waals surface area contributed by atoms with E-state index < -0.39 is 0 Å². The van der Waals surface area contributed by atoms with Gasteiger partial charge in [-0.1, -0.05) is 29.6 Å².